The Morgan fingerprint density at radius 3 is 1.31 bits per heavy atom. The normalized spacial score (nSPS) is 18.8. The molecule has 2 aromatic carbocycles. The number of hydrogen-bond donors (Lipinski definition) is 5. The molecule has 342 valence electrons. The zero-order chi connectivity index (χ0) is 46.0. The van der Waals surface area contributed by atoms with Gasteiger partial charge in [-0.2, -0.15) is 9.97 Å². The summed E-state index contributed by atoms with van der Waals surface area (Å²) in [6.45, 7) is 19.2. The van der Waals surface area contributed by atoms with Gasteiger partial charge in [-0.15, -0.1) is 0 Å². The predicted molar refractivity (Wildman–Crippen MR) is 252 cm³/mol. The van der Waals surface area contributed by atoms with Gasteiger partial charge in [-0.05, 0) is 107 Å². The van der Waals surface area contributed by atoms with Crippen molar-refractivity contribution in [3.63, 3.8) is 0 Å². The van der Waals surface area contributed by atoms with Gasteiger partial charge in [0.05, 0.1) is 16.9 Å². The number of aliphatic hydroxyl groups is 1. The van der Waals surface area contributed by atoms with Gasteiger partial charge in [0.2, 0.25) is 11.9 Å². The van der Waals surface area contributed by atoms with Crippen LogP contribution in [0, 0.1) is 11.8 Å². The second-order valence-electron chi connectivity index (χ2n) is 17.7. The van der Waals surface area contributed by atoms with Crippen molar-refractivity contribution in [2.45, 2.75) is 123 Å². The van der Waals surface area contributed by atoms with Crippen LogP contribution in [0.2, 0.25) is 0 Å². The molecule has 1 saturated heterocycles. The van der Waals surface area contributed by atoms with E-state index in [0.29, 0.717) is 29.7 Å². The molecule has 16 nitrogen and oxygen atoms in total. The Morgan fingerprint density at radius 2 is 0.953 bits per heavy atom. The molecule has 6 aromatic rings. The third kappa shape index (κ3) is 11.0. The highest BCUT2D eigenvalue weighted by Gasteiger charge is 2.39. The summed E-state index contributed by atoms with van der Waals surface area (Å²) >= 11 is 0. The van der Waals surface area contributed by atoms with Crippen molar-refractivity contribution in [3.8, 4) is 22.3 Å². The average molecular weight is 874 g/mol. The Labute approximate surface area is 377 Å². The molecule has 16 heteroatoms. The number of piperidine rings is 1. The van der Waals surface area contributed by atoms with Crippen LogP contribution in [0.25, 0.3) is 22.3 Å². The summed E-state index contributed by atoms with van der Waals surface area (Å²) in [5.41, 5.74) is 16.5. The van der Waals surface area contributed by atoms with Crippen LogP contribution in [0.5, 0.6) is 0 Å². The van der Waals surface area contributed by atoms with E-state index in [2.05, 4.69) is 143 Å². The monoisotopic (exact) mass is 874 g/mol. The number of nitrogens with zero attached hydrogens (tertiary/aromatic N) is 9. The summed E-state index contributed by atoms with van der Waals surface area (Å²) in [7, 11) is 2.15. The molecule has 2 fully saturated rings. The first-order valence-corrected chi connectivity index (χ1v) is 22.7. The molecular formula is C48H67N13O3. The molecule has 64 heavy (non-hydrogen) atoms. The SMILES string of the molecule is CC.CC(C)C(C)(c1ccc(-c2cnc(N)nc2)cc1)c1noc(NC2CCC(O)CC2)n1.CC(C)C(C)(c1ccc(-c2cnc(N)nc2)cc1)c1noc(NC2CCN(C)CC2)n1. The van der Waals surface area contributed by atoms with Gasteiger partial charge in [0.1, 0.15) is 0 Å². The molecular weight excluding hydrogens is 807 g/mol. The molecule has 8 rings (SSSR count). The van der Waals surface area contributed by atoms with Crippen molar-refractivity contribution >= 4 is 23.9 Å². The molecule has 1 saturated carbocycles. The lowest BCUT2D eigenvalue weighted by Gasteiger charge is -2.31. The first-order valence-electron chi connectivity index (χ1n) is 22.7. The summed E-state index contributed by atoms with van der Waals surface area (Å²) in [6.07, 6.45) is 12.3. The van der Waals surface area contributed by atoms with Crippen molar-refractivity contribution in [3.05, 3.63) is 96.1 Å². The Balaban J connectivity index is 0.000000205. The molecule has 0 radical (unpaired) electrons. The maximum Gasteiger partial charge on any atom is 0.321 e. The van der Waals surface area contributed by atoms with Gasteiger partial charge >= 0.3 is 12.0 Å². The minimum absolute atomic E-state index is 0.191. The second-order valence-corrected chi connectivity index (χ2v) is 17.7. The molecule has 0 spiro atoms. The van der Waals surface area contributed by atoms with Crippen molar-refractivity contribution in [1.82, 2.24) is 45.1 Å². The molecule has 0 bridgehead atoms. The zero-order valence-corrected chi connectivity index (χ0v) is 38.9. The topological polar surface area (TPSA) is 229 Å². The largest absolute Gasteiger partial charge is 0.393 e. The third-order valence-corrected chi connectivity index (χ3v) is 13.1. The number of hydrogen-bond acceptors (Lipinski definition) is 16. The van der Waals surface area contributed by atoms with Crippen LogP contribution < -0.4 is 22.1 Å². The van der Waals surface area contributed by atoms with E-state index in [4.69, 9.17) is 30.5 Å². The highest BCUT2D eigenvalue weighted by molar-refractivity contribution is 5.63. The quantitative estimate of drug-likeness (QED) is 0.0777. The Morgan fingerprint density at radius 1 is 0.594 bits per heavy atom. The fourth-order valence-corrected chi connectivity index (χ4v) is 8.14. The van der Waals surface area contributed by atoms with Gasteiger partial charge in [-0.1, -0.05) is 100 Å². The number of aliphatic hydroxyl groups excluding tert-OH is 1. The van der Waals surface area contributed by atoms with Crippen LogP contribution in [0.4, 0.5) is 23.9 Å². The van der Waals surface area contributed by atoms with E-state index in [1.807, 2.05) is 13.8 Å². The third-order valence-electron chi connectivity index (χ3n) is 13.1. The highest BCUT2D eigenvalue weighted by atomic mass is 16.5. The van der Waals surface area contributed by atoms with E-state index in [1.165, 1.54) is 0 Å². The standard InChI is InChI=1S/C23H31N7O.C23H30N6O2.C2H6/c1-15(2)23(3,18-7-5-16(6-8-18)17-13-25-21(24)26-14-17)20-28-22(31-29-20)27-19-9-11-30(4)12-10-19;1-14(2)23(3,17-6-4-15(5-7-17)16-12-25-21(24)26-13-16)20-28-22(31-29-20)27-18-8-10-19(30)11-9-18;1-2/h5-8,13-15,19H,9-12H2,1-4H3,(H2,24,25,26)(H,27,28,29);4-7,12-14,18-19,30H,8-11H2,1-3H3,(H2,24,25,26)(H,27,28,29);1-2H3. The van der Waals surface area contributed by atoms with Crippen molar-refractivity contribution in [2.75, 3.05) is 42.2 Å². The zero-order valence-electron chi connectivity index (χ0n) is 38.9. The van der Waals surface area contributed by atoms with E-state index < -0.39 is 5.41 Å². The van der Waals surface area contributed by atoms with Gasteiger partial charge in [0.15, 0.2) is 11.6 Å². The fraction of sp³-hybridized carbons (Fsp3) is 0.500. The summed E-state index contributed by atoms with van der Waals surface area (Å²) in [4.78, 5) is 28.1. The maximum atomic E-state index is 9.70. The lowest BCUT2D eigenvalue weighted by atomic mass is 9.72. The van der Waals surface area contributed by atoms with E-state index >= 15 is 0 Å². The van der Waals surface area contributed by atoms with Crippen LogP contribution >= 0.6 is 0 Å². The number of aromatic nitrogens is 8. The first-order chi connectivity index (χ1) is 30.7. The summed E-state index contributed by atoms with van der Waals surface area (Å²) in [5.74, 6) is 2.40. The highest BCUT2D eigenvalue weighted by Crippen LogP contribution is 2.40. The molecule has 0 amide bonds. The average Bonchev–Trinajstić information content (AvgIpc) is 3.99. The van der Waals surface area contributed by atoms with Gasteiger partial charge in [0, 0.05) is 48.0 Å². The number of rotatable bonds is 12. The van der Waals surface area contributed by atoms with Crippen LogP contribution in [0.3, 0.4) is 0 Å². The van der Waals surface area contributed by atoms with E-state index in [9.17, 15) is 5.11 Å². The number of anilines is 4. The van der Waals surface area contributed by atoms with Crippen molar-refractivity contribution in [2.24, 2.45) is 11.8 Å². The molecule has 2 unspecified atom stereocenters. The lowest BCUT2D eigenvalue weighted by molar-refractivity contribution is 0.125. The Kier molecular flexibility index (Phi) is 15.7. The molecule has 2 atom stereocenters. The van der Waals surface area contributed by atoms with Crippen LogP contribution in [0.1, 0.15) is 117 Å². The Hall–Kier alpha value is -6.00. The molecule has 7 N–H and O–H groups in total. The van der Waals surface area contributed by atoms with Gasteiger partial charge in [-0.25, -0.2) is 19.9 Å². The number of nitrogen functional groups attached to an aromatic ring is 2. The second kappa shape index (κ2) is 21.1. The van der Waals surface area contributed by atoms with E-state index in [-0.39, 0.29) is 41.3 Å². The first kappa shape index (κ1) is 47.5. The van der Waals surface area contributed by atoms with Crippen molar-refractivity contribution in [1.29, 1.82) is 0 Å². The molecule has 4 aromatic heterocycles. The van der Waals surface area contributed by atoms with E-state index in [1.54, 1.807) is 24.8 Å². The van der Waals surface area contributed by atoms with Crippen LogP contribution in [0.15, 0.2) is 82.4 Å². The minimum atomic E-state index is -0.414. The van der Waals surface area contributed by atoms with Crippen LogP contribution in [-0.4, -0.2) is 88.5 Å². The smallest absolute Gasteiger partial charge is 0.321 e. The minimum Gasteiger partial charge on any atom is -0.393 e. The summed E-state index contributed by atoms with van der Waals surface area (Å²) in [5, 5.41) is 25.2. The Bertz CT molecular complexity index is 2150. The molecule has 2 aliphatic rings. The maximum absolute atomic E-state index is 9.70. The summed E-state index contributed by atoms with van der Waals surface area (Å²) < 4.78 is 11.2. The molecule has 1 aliphatic heterocycles. The number of likely N-dealkylation sites (tertiary alicyclic amines) is 1. The van der Waals surface area contributed by atoms with Crippen LogP contribution in [-0.2, 0) is 10.8 Å². The van der Waals surface area contributed by atoms with Gasteiger partial charge < -0.3 is 41.2 Å². The van der Waals surface area contributed by atoms with Crippen molar-refractivity contribution < 1.29 is 14.2 Å². The molecule has 1 aliphatic carbocycles. The number of nitrogens with one attached hydrogen (secondary N) is 2. The summed E-state index contributed by atoms with van der Waals surface area (Å²) in [6, 6.07) is 18.2. The fourth-order valence-electron chi connectivity index (χ4n) is 8.14. The number of nitrogens with two attached hydrogens (primary N) is 2. The predicted octanol–water partition coefficient (Wildman–Crippen LogP) is 8.39. The molecule has 5 heterocycles. The lowest BCUT2D eigenvalue weighted by Crippen LogP contribution is -2.36. The van der Waals surface area contributed by atoms with Gasteiger partial charge in [-0.3, -0.25) is 0 Å². The van der Waals surface area contributed by atoms with Gasteiger partial charge in [0.25, 0.3) is 0 Å². The number of benzene rings is 2. The van der Waals surface area contributed by atoms with E-state index in [0.717, 1.165) is 85.0 Å².